The molecule has 0 saturated heterocycles. The number of nitrogens with one attached hydrogen (secondary N) is 4. The van der Waals surface area contributed by atoms with Crippen molar-refractivity contribution in [3.05, 3.63) is 139 Å². The summed E-state index contributed by atoms with van der Waals surface area (Å²) in [5, 5.41) is 8.72. The summed E-state index contributed by atoms with van der Waals surface area (Å²) in [5.74, 6) is -9.00. The molecule has 8 aliphatic heterocycles. The highest BCUT2D eigenvalue weighted by molar-refractivity contribution is 6.21. The van der Waals surface area contributed by atoms with Crippen LogP contribution in [0.4, 0.5) is 0 Å². The van der Waals surface area contributed by atoms with Crippen molar-refractivity contribution in [3.8, 4) is 93.0 Å². The summed E-state index contributed by atoms with van der Waals surface area (Å²) in [7, 11) is 0. The van der Waals surface area contributed by atoms with Crippen molar-refractivity contribution in [1.82, 2.24) is 61.1 Å². The van der Waals surface area contributed by atoms with E-state index in [4.69, 9.17) is 37.9 Å². The Kier molecular flexibility index (Phi) is 8.12. The maximum Gasteiger partial charge on any atom is 0.284 e. The molecular weight excluding hydrogens is 1050 g/mol. The number of carbonyl (C=O) groups excluding carboxylic acids is 8. The summed E-state index contributed by atoms with van der Waals surface area (Å²) >= 11 is 0. The SMILES string of the molecule is O=C1NC(=O)c2nc3c(nc21)Oc1cc2c4cc1Cc1cc5c(cc1O3)Oc1nc3c(nc1Oc1cc6c(cc1C5)Cc1cc(c(cc1Oc1nc5c(nc1O6)C(=O)NC5=O)Oc1nc5c(nc1O2)C(=O)NC5=O)C4)C(=O)NC3=O. The van der Waals surface area contributed by atoms with Crippen LogP contribution < -0.4 is 59.2 Å². The zero-order valence-corrected chi connectivity index (χ0v) is 39.6. The maximum atomic E-state index is 13.1. The van der Waals surface area contributed by atoms with E-state index in [9.17, 15) is 38.4 Å². The number of amides is 8. The van der Waals surface area contributed by atoms with Crippen LogP contribution in [0.15, 0.2) is 48.5 Å². The van der Waals surface area contributed by atoms with E-state index in [-0.39, 0.29) is 164 Å². The van der Waals surface area contributed by atoms with E-state index in [1.165, 1.54) is 24.3 Å². The van der Waals surface area contributed by atoms with Crippen LogP contribution in [0.3, 0.4) is 0 Å². The van der Waals surface area contributed by atoms with Gasteiger partial charge in [0.1, 0.15) is 46.0 Å². The van der Waals surface area contributed by atoms with Crippen LogP contribution >= 0.6 is 0 Å². The standard InChI is InChI=1S/C52H20N12O16/c65-37-29-31(39(67)61-37)55-47-45(53-29)73-21-9-22-14-1-13(21)5-15-2-17-7-19-4-20-8-18-3-16(6-14)24(76-48-46(74-22)54-30-32(56-48)40(68)62-38(30)66)11-26(18)78-50-52(60-36-34(58-50)42(70)64-44(36)72)80-28(20)12-27(19)79-51-49(77-25(17)10-23(15)75-47)57-33-35(59-51)43(71)63-41(33)69/h1-4,9-12H,5-8H2,(H,61,65,67)(H,62,66,68)(H,63,69,71)(H,64,70,72). The molecule has 0 atom stereocenters. The third kappa shape index (κ3) is 6.24. The lowest BCUT2D eigenvalue weighted by molar-refractivity contribution is 0.0860. The quantitative estimate of drug-likeness (QED) is 0.150. The number of nitrogens with zero attached hydrogens (tertiary/aromatic N) is 8. The summed E-state index contributed by atoms with van der Waals surface area (Å²) in [6.07, 6.45) is 0.0645. The van der Waals surface area contributed by atoms with Crippen LogP contribution in [0.2, 0.25) is 0 Å². The largest absolute Gasteiger partial charge is 0.434 e. The van der Waals surface area contributed by atoms with Gasteiger partial charge in [0.2, 0.25) is 0 Å². The number of hydrogen-bond donors (Lipinski definition) is 4. The highest BCUT2D eigenvalue weighted by Gasteiger charge is 2.40. The van der Waals surface area contributed by atoms with Crippen LogP contribution in [0.5, 0.6) is 93.0 Å². The van der Waals surface area contributed by atoms with Crippen LogP contribution in [-0.2, 0) is 25.7 Å². The lowest BCUT2D eigenvalue weighted by Gasteiger charge is -2.19. The average Bonchev–Trinajstić information content (AvgIpc) is 4.20. The van der Waals surface area contributed by atoms with E-state index in [1.807, 2.05) is 0 Å². The van der Waals surface area contributed by atoms with Gasteiger partial charge in [-0.1, -0.05) is 0 Å². The minimum atomic E-state index is -0.844. The van der Waals surface area contributed by atoms with E-state index in [1.54, 1.807) is 24.3 Å². The Labute approximate surface area is 440 Å². The molecule has 4 N–H and O–H groups in total. The molecule has 8 amide bonds. The van der Waals surface area contributed by atoms with Crippen molar-refractivity contribution in [2.24, 2.45) is 0 Å². The molecule has 0 saturated carbocycles. The molecule has 28 nitrogen and oxygen atoms in total. The predicted octanol–water partition coefficient (Wildman–Crippen LogP) is 4.65. The molecule has 1 aliphatic carbocycles. The third-order valence-electron chi connectivity index (χ3n) is 14.1. The highest BCUT2D eigenvalue weighted by Crippen LogP contribution is 2.51. The van der Waals surface area contributed by atoms with Crippen molar-refractivity contribution in [2.75, 3.05) is 0 Å². The fourth-order valence-corrected chi connectivity index (χ4v) is 10.5. The van der Waals surface area contributed by atoms with Gasteiger partial charge in [-0.25, -0.2) is 39.9 Å². The minimum Gasteiger partial charge on any atom is -0.434 e. The Bertz CT molecular complexity index is 3750. The molecule has 17 rings (SSSR count). The first kappa shape index (κ1) is 43.4. The van der Waals surface area contributed by atoms with Gasteiger partial charge in [-0.15, -0.1) is 0 Å². The molecule has 80 heavy (non-hydrogen) atoms. The lowest BCUT2D eigenvalue weighted by atomic mass is 9.91. The van der Waals surface area contributed by atoms with Gasteiger partial charge in [-0.2, -0.15) is 0 Å². The normalized spacial score (nSPS) is 16.2. The molecule has 8 bridgehead atoms. The molecule has 9 aliphatic rings. The Balaban J connectivity index is 0.969. The number of hydrogen-bond acceptors (Lipinski definition) is 24. The van der Waals surface area contributed by atoms with Gasteiger partial charge in [0.25, 0.3) is 94.3 Å². The summed E-state index contributed by atoms with van der Waals surface area (Å²) in [4.78, 5) is 140. The van der Waals surface area contributed by atoms with Crippen LogP contribution in [0.25, 0.3) is 0 Å². The smallest absolute Gasteiger partial charge is 0.284 e. The maximum absolute atomic E-state index is 13.1. The Morgan fingerprint density at radius 1 is 0.225 bits per heavy atom. The first-order valence-electron chi connectivity index (χ1n) is 23.9. The second-order valence-electron chi connectivity index (χ2n) is 19.1. The zero-order chi connectivity index (χ0) is 53.7. The molecule has 0 radical (unpaired) electrons. The molecule has 12 heterocycles. The second-order valence-corrected chi connectivity index (χ2v) is 19.1. The zero-order valence-electron chi connectivity index (χ0n) is 39.6. The van der Waals surface area contributed by atoms with Crippen LogP contribution in [0, 0.1) is 0 Å². The molecule has 0 spiro atoms. The van der Waals surface area contributed by atoms with E-state index >= 15 is 0 Å². The first-order valence-corrected chi connectivity index (χ1v) is 23.9. The number of fused-ring (bicyclic) bond motifs is 8. The fourth-order valence-electron chi connectivity index (χ4n) is 10.5. The topological polar surface area (TPSA) is 362 Å². The van der Waals surface area contributed by atoms with Crippen molar-refractivity contribution in [1.29, 1.82) is 0 Å². The van der Waals surface area contributed by atoms with Crippen molar-refractivity contribution < 1.29 is 76.3 Å². The lowest BCUT2D eigenvalue weighted by Crippen LogP contribution is -2.20. The molecule has 0 unspecified atom stereocenters. The number of carbonyl (C=O) groups is 8. The molecule has 4 aromatic heterocycles. The van der Waals surface area contributed by atoms with Gasteiger partial charge in [-0.05, 0) is 68.8 Å². The Morgan fingerprint density at radius 3 is 0.500 bits per heavy atom. The Hall–Kier alpha value is -11.8. The van der Waals surface area contributed by atoms with Gasteiger partial charge in [-0.3, -0.25) is 59.6 Å². The predicted molar refractivity (Wildman–Crippen MR) is 253 cm³/mol. The van der Waals surface area contributed by atoms with Crippen LogP contribution in [-0.4, -0.2) is 87.1 Å². The molecule has 8 aromatic rings. The number of benzene rings is 4. The number of ether oxygens (including phenoxy) is 8. The summed E-state index contributed by atoms with van der Waals surface area (Å²) in [5.41, 5.74) is 0.988. The molecular formula is C52H20N12O16. The van der Waals surface area contributed by atoms with Crippen molar-refractivity contribution in [2.45, 2.75) is 25.7 Å². The molecule has 4 aromatic carbocycles. The van der Waals surface area contributed by atoms with E-state index < -0.39 is 47.3 Å². The third-order valence-corrected chi connectivity index (χ3v) is 14.1. The van der Waals surface area contributed by atoms with Gasteiger partial charge in [0.15, 0.2) is 45.6 Å². The molecule has 28 heteroatoms. The van der Waals surface area contributed by atoms with Crippen LogP contribution in [0.1, 0.15) is 128 Å². The first-order chi connectivity index (χ1) is 38.7. The number of aromatic nitrogens is 8. The highest BCUT2D eigenvalue weighted by atomic mass is 16.6. The second kappa shape index (κ2) is 15.0. The average molecular weight is 1070 g/mol. The summed E-state index contributed by atoms with van der Waals surface area (Å²) in [6, 6.07) is 13.2. The number of rotatable bonds is 0. The Morgan fingerprint density at radius 2 is 0.362 bits per heavy atom. The molecule has 0 fully saturated rings. The van der Waals surface area contributed by atoms with Gasteiger partial charge in [0.05, 0.1) is 0 Å². The fraction of sp³-hybridized carbons (Fsp3) is 0.0769. The van der Waals surface area contributed by atoms with Gasteiger partial charge >= 0.3 is 0 Å². The summed E-state index contributed by atoms with van der Waals surface area (Å²) < 4.78 is 52.5. The van der Waals surface area contributed by atoms with Gasteiger partial charge < -0.3 is 37.9 Å². The van der Waals surface area contributed by atoms with E-state index in [0.717, 1.165) is 0 Å². The van der Waals surface area contributed by atoms with Crippen molar-refractivity contribution >= 4 is 47.3 Å². The van der Waals surface area contributed by atoms with Gasteiger partial charge in [0, 0.05) is 49.9 Å². The number of imide groups is 4. The van der Waals surface area contributed by atoms with E-state index in [2.05, 4.69) is 61.1 Å². The monoisotopic (exact) mass is 1070 g/mol. The van der Waals surface area contributed by atoms with Crippen molar-refractivity contribution in [3.63, 3.8) is 0 Å². The molecule has 384 valence electrons. The minimum absolute atomic E-state index is 0.0161. The summed E-state index contributed by atoms with van der Waals surface area (Å²) in [6.45, 7) is 0. The van der Waals surface area contributed by atoms with E-state index in [0.29, 0.717) is 44.5 Å².